The Morgan fingerprint density at radius 2 is 1.46 bits per heavy atom. The summed E-state index contributed by atoms with van der Waals surface area (Å²) in [5.74, 6) is -1.14. The van der Waals surface area contributed by atoms with Crippen molar-refractivity contribution in [2.75, 3.05) is 11.9 Å². The SMILES string of the molecule is CC(C)COC(c1ccc(NC(=O)Cc2ccc(C(C)S(=O)O)cc2)cc1)(C(F)(F)F)C(F)(F)F. The van der Waals surface area contributed by atoms with Crippen molar-refractivity contribution in [3.8, 4) is 0 Å². The smallest absolute Gasteiger partial charge is 0.354 e. The summed E-state index contributed by atoms with van der Waals surface area (Å²) in [5, 5.41) is 1.80. The molecule has 2 N–H and O–H groups in total. The second-order valence-corrected chi connectivity index (χ2v) is 9.60. The average molecular weight is 526 g/mol. The summed E-state index contributed by atoms with van der Waals surface area (Å²) < 4.78 is 107. The van der Waals surface area contributed by atoms with E-state index in [1.165, 1.54) is 13.8 Å². The fourth-order valence-corrected chi connectivity index (χ4v) is 3.62. The van der Waals surface area contributed by atoms with Gasteiger partial charge in [-0.05, 0) is 36.1 Å². The van der Waals surface area contributed by atoms with Crippen LogP contribution in [0.1, 0.15) is 42.7 Å². The van der Waals surface area contributed by atoms with Gasteiger partial charge in [-0.15, -0.1) is 0 Å². The highest BCUT2D eigenvalue weighted by molar-refractivity contribution is 7.79. The van der Waals surface area contributed by atoms with Crippen molar-refractivity contribution in [1.29, 1.82) is 0 Å². The molecular weight excluding hydrogens is 500 g/mol. The predicted molar refractivity (Wildman–Crippen MR) is 119 cm³/mol. The number of hydrogen-bond donors (Lipinski definition) is 2. The summed E-state index contributed by atoms with van der Waals surface area (Å²) in [5.41, 5.74) is -4.52. The minimum absolute atomic E-state index is 0.00165. The van der Waals surface area contributed by atoms with Crippen molar-refractivity contribution in [2.24, 2.45) is 5.92 Å². The minimum atomic E-state index is -5.78. The Balaban J connectivity index is 2.21. The molecule has 35 heavy (non-hydrogen) atoms. The molecule has 2 rings (SSSR count). The van der Waals surface area contributed by atoms with Crippen LogP contribution in [0, 0.1) is 5.92 Å². The van der Waals surface area contributed by atoms with E-state index in [-0.39, 0.29) is 12.1 Å². The van der Waals surface area contributed by atoms with Gasteiger partial charge >= 0.3 is 12.4 Å². The van der Waals surface area contributed by atoms with E-state index in [0.717, 1.165) is 12.1 Å². The summed E-state index contributed by atoms with van der Waals surface area (Å²) in [6.07, 6.45) is -11.7. The Bertz CT molecular complexity index is 1010. The van der Waals surface area contributed by atoms with E-state index in [0.29, 0.717) is 23.3 Å². The van der Waals surface area contributed by atoms with Crippen LogP contribution in [0.15, 0.2) is 48.5 Å². The lowest BCUT2D eigenvalue weighted by Crippen LogP contribution is -2.56. The van der Waals surface area contributed by atoms with Gasteiger partial charge in [-0.25, -0.2) is 4.21 Å². The number of hydrogen-bond acceptors (Lipinski definition) is 3. The first-order valence-electron chi connectivity index (χ1n) is 10.4. The molecule has 2 aromatic rings. The molecule has 0 aliphatic heterocycles. The van der Waals surface area contributed by atoms with Crippen molar-refractivity contribution in [3.63, 3.8) is 0 Å². The second kappa shape index (κ2) is 11.1. The first-order chi connectivity index (χ1) is 16.1. The fourth-order valence-electron chi connectivity index (χ4n) is 3.23. The van der Waals surface area contributed by atoms with Gasteiger partial charge in [-0.1, -0.05) is 50.2 Å². The Morgan fingerprint density at radius 3 is 1.89 bits per heavy atom. The van der Waals surface area contributed by atoms with Crippen molar-refractivity contribution >= 4 is 22.7 Å². The number of benzene rings is 2. The van der Waals surface area contributed by atoms with Crippen LogP contribution < -0.4 is 5.32 Å². The first kappa shape index (κ1) is 28.8. The maximum atomic E-state index is 13.7. The number of rotatable bonds is 9. The first-order valence-corrected chi connectivity index (χ1v) is 11.6. The van der Waals surface area contributed by atoms with Gasteiger partial charge in [0.2, 0.25) is 5.91 Å². The van der Waals surface area contributed by atoms with Crippen molar-refractivity contribution < 1.29 is 44.6 Å². The highest BCUT2D eigenvalue weighted by Crippen LogP contribution is 2.53. The molecule has 0 heterocycles. The third kappa shape index (κ3) is 6.83. The Kier molecular flexibility index (Phi) is 9.12. The number of ether oxygens (including phenoxy) is 1. The maximum absolute atomic E-state index is 13.7. The quantitative estimate of drug-likeness (QED) is 0.305. The Hall–Kier alpha value is -2.44. The standard InChI is InChI=1S/C23H25F6NO4S/c1-14(2)13-34-21(22(24,25)26,23(27,28)29)18-8-10-19(11-9-18)30-20(31)12-16-4-6-17(7-5-16)15(3)35(32)33/h4-11,14-15H,12-13H2,1-3H3,(H,30,31)(H,32,33). The molecule has 1 amide bonds. The number of amides is 1. The van der Waals surface area contributed by atoms with Crippen molar-refractivity contribution in [2.45, 2.75) is 50.4 Å². The third-order valence-corrected chi connectivity index (χ3v) is 6.00. The highest BCUT2D eigenvalue weighted by atomic mass is 32.2. The maximum Gasteiger partial charge on any atom is 0.430 e. The molecule has 0 aromatic heterocycles. The van der Waals surface area contributed by atoms with Crippen LogP contribution in [0.2, 0.25) is 0 Å². The van der Waals surface area contributed by atoms with Crippen molar-refractivity contribution in [3.05, 3.63) is 65.2 Å². The van der Waals surface area contributed by atoms with Gasteiger partial charge in [0, 0.05) is 11.3 Å². The lowest BCUT2D eigenvalue weighted by molar-refractivity contribution is -0.391. The zero-order valence-corrected chi connectivity index (χ0v) is 19.9. The van der Waals surface area contributed by atoms with E-state index in [9.17, 15) is 35.3 Å². The van der Waals surface area contributed by atoms with Gasteiger partial charge in [0.05, 0.1) is 18.3 Å². The second-order valence-electron chi connectivity index (χ2n) is 8.34. The third-order valence-electron chi connectivity index (χ3n) is 5.12. The van der Waals surface area contributed by atoms with Crippen LogP contribution >= 0.6 is 0 Å². The zero-order valence-electron chi connectivity index (χ0n) is 19.0. The minimum Gasteiger partial charge on any atom is -0.354 e. The number of anilines is 1. The molecule has 2 unspecified atom stereocenters. The molecule has 0 radical (unpaired) electrons. The van der Waals surface area contributed by atoms with Crippen LogP contribution in [0.3, 0.4) is 0 Å². The molecule has 0 aliphatic rings. The zero-order chi connectivity index (χ0) is 26.6. The molecule has 0 fully saturated rings. The molecule has 0 spiro atoms. The molecule has 0 saturated heterocycles. The molecule has 2 aromatic carbocycles. The summed E-state index contributed by atoms with van der Waals surface area (Å²) in [4.78, 5) is 12.3. The van der Waals surface area contributed by atoms with Gasteiger partial charge in [-0.2, -0.15) is 26.3 Å². The van der Waals surface area contributed by atoms with Crippen LogP contribution in [-0.2, 0) is 32.6 Å². The van der Waals surface area contributed by atoms with Crippen LogP contribution in [0.4, 0.5) is 32.0 Å². The van der Waals surface area contributed by atoms with Crippen LogP contribution in [0.5, 0.6) is 0 Å². The molecule has 12 heteroatoms. The van der Waals surface area contributed by atoms with Gasteiger partial charge in [-0.3, -0.25) is 4.79 Å². The summed E-state index contributed by atoms with van der Waals surface area (Å²) in [6, 6.07) is 9.47. The molecule has 194 valence electrons. The normalized spacial score (nSPS) is 14.6. The van der Waals surface area contributed by atoms with E-state index in [1.807, 2.05) is 0 Å². The molecule has 0 saturated carbocycles. The number of halogens is 6. The molecule has 5 nitrogen and oxygen atoms in total. The number of nitrogens with one attached hydrogen (secondary N) is 1. The summed E-state index contributed by atoms with van der Waals surface area (Å²) in [6.45, 7) is 3.64. The number of carbonyl (C=O) groups is 1. The molecule has 0 aliphatic carbocycles. The number of alkyl halides is 6. The van der Waals surface area contributed by atoms with Crippen LogP contribution in [-0.4, -0.2) is 33.6 Å². The van der Waals surface area contributed by atoms with Gasteiger partial charge in [0.25, 0.3) is 5.60 Å². The Morgan fingerprint density at radius 1 is 0.943 bits per heavy atom. The van der Waals surface area contributed by atoms with Crippen molar-refractivity contribution in [1.82, 2.24) is 0 Å². The predicted octanol–water partition coefficient (Wildman–Crippen LogP) is 6.14. The summed E-state index contributed by atoms with van der Waals surface area (Å²) >= 11 is -2.06. The summed E-state index contributed by atoms with van der Waals surface area (Å²) in [7, 11) is 0. The van der Waals surface area contributed by atoms with E-state index in [4.69, 9.17) is 4.55 Å². The molecule has 2 atom stereocenters. The fraction of sp³-hybridized carbons (Fsp3) is 0.435. The largest absolute Gasteiger partial charge is 0.430 e. The van der Waals surface area contributed by atoms with E-state index in [1.54, 1.807) is 31.2 Å². The molecule has 0 bridgehead atoms. The highest BCUT2D eigenvalue weighted by Gasteiger charge is 2.73. The van der Waals surface area contributed by atoms with E-state index in [2.05, 4.69) is 10.1 Å². The Labute approximate surface area is 201 Å². The average Bonchev–Trinajstić information content (AvgIpc) is 2.73. The monoisotopic (exact) mass is 525 g/mol. The van der Waals surface area contributed by atoms with Gasteiger partial charge in [0.15, 0.2) is 11.1 Å². The van der Waals surface area contributed by atoms with E-state index < -0.39 is 58.3 Å². The topological polar surface area (TPSA) is 75.6 Å². The van der Waals surface area contributed by atoms with Gasteiger partial charge in [0.1, 0.15) is 0 Å². The van der Waals surface area contributed by atoms with Crippen LogP contribution in [0.25, 0.3) is 0 Å². The molecular formula is C23H25F6NO4S. The van der Waals surface area contributed by atoms with E-state index >= 15 is 0 Å². The number of carbonyl (C=O) groups excluding carboxylic acids is 1. The lowest BCUT2D eigenvalue weighted by Gasteiger charge is -2.38. The lowest BCUT2D eigenvalue weighted by atomic mass is 9.91. The van der Waals surface area contributed by atoms with Gasteiger partial charge < -0.3 is 14.6 Å².